The van der Waals surface area contributed by atoms with Crippen molar-refractivity contribution in [3.05, 3.63) is 24.3 Å². The van der Waals surface area contributed by atoms with E-state index in [2.05, 4.69) is 6.08 Å². The maximum Gasteiger partial charge on any atom is 0.220 e. The number of allylic oxidation sites excluding steroid dienone is 2. The van der Waals surface area contributed by atoms with Crippen LogP contribution in [0.25, 0.3) is 0 Å². The molecule has 1 atom stereocenters. The average Bonchev–Trinajstić information content (AvgIpc) is 2.06. The molecule has 12 heavy (non-hydrogen) atoms. The summed E-state index contributed by atoms with van der Waals surface area (Å²) in [5.74, 6) is 0. The van der Waals surface area contributed by atoms with Crippen LogP contribution < -0.4 is 0 Å². The van der Waals surface area contributed by atoms with Gasteiger partial charge in [-0.05, 0) is 24.5 Å². The molecule has 1 aliphatic carbocycles. The zero-order valence-electron chi connectivity index (χ0n) is 6.82. The van der Waals surface area contributed by atoms with Crippen LogP contribution in [-0.2, 0) is 4.74 Å². The van der Waals surface area contributed by atoms with Crippen molar-refractivity contribution in [1.29, 1.82) is 0 Å². The van der Waals surface area contributed by atoms with Crippen molar-refractivity contribution in [1.82, 2.24) is 0 Å². The van der Waals surface area contributed by atoms with Gasteiger partial charge < -0.3 is 10.2 Å². The zero-order valence-corrected chi connectivity index (χ0v) is 8.45. The van der Waals surface area contributed by atoms with E-state index in [0.717, 1.165) is 6.42 Å². The Kier molecular flexibility index (Phi) is 6.06. The van der Waals surface area contributed by atoms with E-state index >= 15 is 0 Å². The molecule has 68 valence electrons. The van der Waals surface area contributed by atoms with Crippen LogP contribution >= 0.6 is 24.0 Å². The van der Waals surface area contributed by atoms with Gasteiger partial charge in [0.1, 0.15) is 6.10 Å². The second-order valence-corrected chi connectivity index (χ2v) is 3.57. The van der Waals surface area contributed by atoms with Gasteiger partial charge in [0.15, 0.2) is 0 Å². The van der Waals surface area contributed by atoms with Crippen molar-refractivity contribution in [3.63, 3.8) is 0 Å². The molecule has 0 aromatic rings. The molecule has 0 aliphatic heterocycles. The maximum atomic E-state index is 5.40. The van der Waals surface area contributed by atoms with E-state index in [4.69, 9.17) is 17.0 Å². The van der Waals surface area contributed by atoms with Gasteiger partial charge in [-0.3, -0.25) is 0 Å². The minimum absolute atomic E-state index is 0. The molecule has 1 rings (SSSR count). The van der Waals surface area contributed by atoms with E-state index in [1.807, 2.05) is 24.5 Å². The highest BCUT2D eigenvalue weighted by molar-refractivity contribution is 8.22. The Bertz CT molecular complexity index is 199. The van der Waals surface area contributed by atoms with E-state index in [-0.39, 0.29) is 11.6 Å². The lowest BCUT2D eigenvalue weighted by atomic mass is 10.1. The van der Waals surface area contributed by atoms with Crippen LogP contribution in [0.1, 0.15) is 6.42 Å². The molecule has 0 unspecified atom stereocenters. The highest BCUT2D eigenvalue weighted by Gasteiger charge is 2.07. The number of ether oxygens (including phenoxy) is 1. The van der Waals surface area contributed by atoms with Gasteiger partial charge in [0.05, 0.1) is 0 Å². The molecule has 0 aromatic carbocycles. The minimum Gasteiger partial charge on any atom is -0.471 e. The lowest BCUT2D eigenvalue weighted by Gasteiger charge is -2.14. The predicted molar refractivity (Wildman–Crippen MR) is 57.5 cm³/mol. The Hall–Kier alpha value is -0.320. The number of rotatable bonds is 1. The Balaban J connectivity index is 0.00000121. The molecular weight excluding hydrogens is 192 g/mol. The minimum atomic E-state index is 0. The first-order valence-corrected chi connectivity index (χ1v) is 5.04. The third kappa shape index (κ3) is 3.90. The van der Waals surface area contributed by atoms with Crippen molar-refractivity contribution < 1.29 is 10.2 Å². The van der Waals surface area contributed by atoms with Crippen LogP contribution in [-0.4, -0.2) is 22.2 Å². The smallest absolute Gasteiger partial charge is 0.220 e. The summed E-state index contributed by atoms with van der Waals surface area (Å²) in [4.78, 5) is 0. The molecular formula is C8H12O2S2. The molecule has 1 aliphatic rings. The van der Waals surface area contributed by atoms with Crippen molar-refractivity contribution in [3.8, 4) is 0 Å². The normalized spacial score (nSPS) is 19.9. The number of thioether (sulfide) groups is 1. The van der Waals surface area contributed by atoms with E-state index in [1.165, 1.54) is 11.8 Å². The number of hydrogen-bond acceptors (Lipinski definition) is 3. The fraction of sp³-hybridized carbons (Fsp3) is 0.375. The molecule has 0 saturated carbocycles. The van der Waals surface area contributed by atoms with Crippen molar-refractivity contribution in [2.75, 3.05) is 6.26 Å². The van der Waals surface area contributed by atoms with Gasteiger partial charge in [-0.1, -0.05) is 30.0 Å². The fourth-order valence-corrected chi connectivity index (χ4v) is 1.16. The van der Waals surface area contributed by atoms with Crippen molar-refractivity contribution in [2.45, 2.75) is 12.5 Å². The quantitative estimate of drug-likeness (QED) is 0.610. The molecule has 0 saturated heterocycles. The number of thiocarbonyl (C=S) groups is 1. The molecule has 2 N–H and O–H groups in total. The van der Waals surface area contributed by atoms with Gasteiger partial charge in [-0.25, -0.2) is 0 Å². The van der Waals surface area contributed by atoms with Crippen molar-refractivity contribution in [2.24, 2.45) is 0 Å². The topological polar surface area (TPSA) is 40.7 Å². The largest absolute Gasteiger partial charge is 0.471 e. The van der Waals surface area contributed by atoms with Crippen LogP contribution in [0.3, 0.4) is 0 Å². The van der Waals surface area contributed by atoms with E-state index in [9.17, 15) is 0 Å². The van der Waals surface area contributed by atoms with Gasteiger partial charge in [-0.2, -0.15) is 0 Å². The number of hydrogen-bond donors (Lipinski definition) is 0. The molecule has 0 bridgehead atoms. The molecule has 0 radical (unpaired) electrons. The summed E-state index contributed by atoms with van der Waals surface area (Å²) in [5.41, 5.74) is 0. The monoisotopic (exact) mass is 204 g/mol. The molecule has 0 fully saturated rings. The Morgan fingerprint density at radius 1 is 1.58 bits per heavy atom. The summed E-state index contributed by atoms with van der Waals surface area (Å²) in [5, 5.41) is 0. The summed E-state index contributed by atoms with van der Waals surface area (Å²) >= 11 is 6.39. The van der Waals surface area contributed by atoms with Gasteiger partial charge in [-0.15, -0.1) is 0 Å². The lowest BCUT2D eigenvalue weighted by Crippen LogP contribution is -2.12. The first-order chi connectivity index (χ1) is 5.33. The summed E-state index contributed by atoms with van der Waals surface area (Å²) < 4.78 is 6.02. The highest BCUT2D eigenvalue weighted by Crippen LogP contribution is 2.11. The summed E-state index contributed by atoms with van der Waals surface area (Å²) in [6, 6.07) is 0. The van der Waals surface area contributed by atoms with Crippen LogP contribution in [0.4, 0.5) is 0 Å². The molecule has 0 heterocycles. The van der Waals surface area contributed by atoms with E-state index in [0.29, 0.717) is 4.38 Å². The van der Waals surface area contributed by atoms with Crippen LogP contribution in [0, 0.1) is 0 Å². The first kappa shape index (κ1) is 11.7. The Morgan fingerprint density at radius 2 is 2.33 bits per heavy atom. The van der Waals surface area contributed by atoms with Gasteiger partial charge in [0.25, 0.3) is 0 Å². The van der Waals surface area contributed by atoms with Gasteiger partial charge in [0.2, 0.25) is 4.38 Å². The summed E-state index contributed by atoms with van der Waals surface area (Å²) in [6.07, 6.45) is 11.1. The van der Waals surface area contributed by atoms with Crippen LogP contribution in [0.5, 0.6) is 0 Å². The second-order valence-electron chi connectivity index (χ2n) is 2.16. The second kappa shape index (κ2) is 6.22. The van der Waals surface area contributed by atoms with Gasteiger partial charge in [0, 0.05) is 6.42 Å². The molecule has 0 spiro atoms. The summed E-state index contributed by atoms with van der Waals surface area (Å²) in [6.45, 7) is 0. The fourth-order valence-electron chi connectivity index (χ4n) is 0.817. The maximum absolute atomic E-state index is 5.40. The zero-order chi connectivity index (χ0) is 8.10. The molecule has 2 nitrogen and oxygen atoms in total. The van der Waals surface area contributed by atoms with E-state index < -0.39 is 0 Å². The molecule has 4 heteroatoms. The molecule has 0 amide bonds. The predicted octanol–water partition coefficient (Wildman–Crippen LogP) is 1.71. The standard InChI is InChI=1S/C8H10OS2.H2O/c1-11-8(10)9-7-5-3-2-4-6-7;/h2-5,7H,6H2,1H3;1H2/t7-;/m1./s1. The SMILES string of the molecule is CSC(=S)O[C@@H]1C=CC=CC1.O. The van der Waals surface area contributed by atoms with E-state index in [1.54, 1.807) is 0 Å². The third-order valence-electron chi connectivity index (χ3n) is 1.36. The Morgan fingerprint density at radius 3 is 2.83 bits per heavy atom. The molecule has 0 aromatic heterocycles. The first-order valence-electron chi connectivity index (χ1n) is 3.41. The Labute approximate surface area is 82.0 Å². The van der Waals surface area contributed by atoms with Crippen LogP contribution in [0.15, 0.2) is 24.3 Å². The van der Waals surface area contributed by atoms with Gasteiger partial charge >= 0.3 is 0 Å². The van der Waals surface area contributed by atoms with Crippen molar-refractivity contribution >= 4 is 28.4 Å². The highest BCUT2D eigenvalue weighted by atomic mass is 32.2. The lowest BCUT2D eigenvalue weighted by molar-refractivity contribution is 0.253. The third-order valence-corrected chi connectivity index (χ3v) is 2.38. The average molecular weight is 204 g/mol. The summed E-state index contributed by atoms with van der Waals surface area (Å²) in [7, 11) is 0. The van der Waals surface area contributed by atoms with Crippen LogP contribution in [0.2, 0.25) is 0 Å².